The van der Waals surface area contributed by atoms with Gasteiger partial charge >= 0.3 is 0 Å². The molecule has 114 valence electrons. The molecule has 4 rings (SSSR count). The van der Waals surface area contributed by atoms with Gasteiger partial charge in [-0.1, -0.05) is 24.3 Å². The van der Waals surface area contributed by atoms with Crippen molar-refractivity contribution in [1.82, 2.24) is 9.55 Å². The van der Waals surface area contributed by atoms with Gasteiger partial charge in [-0.15, -0.1) is 0 Å². The minimum absolute atomic E-state index is 0.112. The second kappa shape index (κ2) is 4.68. The summed E-state index contributed by atoms with van der Waals surface area (Å²) in [5.41, 5.74) is 7.88. The molecule has 1 unspecified atom stereocenters. The average Bonchev–Trinajstić information content (AvgIpc) is 3.07. The van der Waals surface area contributed by atoms with Gasteiger partial charge in [-0.25, -0.2) is 4.98 Å². The van der Waals surface area contributed by atoms with Crippen LogP contribution >= 0.6 is 0 Å². The van der Waals surface area contributed by atoms with Gasteiger partial charge in [-0.3, -0.25) is 4.79 Å². The lowest BCUT2D eigenvalue weighted by atomic mass is 9.73. The van der Waals surface area contributed by atoms with Crippen molar-refractivity contribution in [3.63, 3.8) is 0 Å². The van der Waals surface area contributed by atoms with Gasteiger partial charge in [0.15, 0.2) is 0 Å². The van der Waals surface area contributed by atoms with Crippen molar-refractivity contribution < 1.29 is 9.90 Å². The molecule has 2 aromatic rings. The molecular weight excluding hydrogens is 278 g/mol. The quantitative estimate of drug-likeness (QED) is 0.887. The van der Waals surface area contributed by atoms with Gasteiger partial charge in [0.2, 0.25) is 5.91 Å². The molecule has 0 bridgehead atoms. The first-order valence-electron chi connectivity index (χ1n) is 7.73. The van der Waals surface area contributed by atoms with Crippen LogP contribution in [-0.4, -0.2) is 26.2 Å². The number of amides is 1. The van der Waals surface area contributed by atoms with Gasteiger partial charge in [-0.2, -0.15) is 0 Å². The van der Waals surface area contributed by atoms with Gasteiger partial charge in [0.25, 0.3) is 0 Å². The van der Waals surface area contributed by atoms with E-state index in [9.17, 15) is 9.90 Å². The number of rotatable bonds is 2. The predicted octanol–water partition coefficient (Wildman–Crippen LogP) is 1.86. The highest BCUT2D eigenvalue weighted by Crippen LogP contribution is 2.49. The Morgan fingerprint density at radius 3 is 2.77 bits per heavy atom. The topological polar surface area (TPSA) is 81.1 Å². The van der Waals surface area contributed by atoms with Crippen molar-refractivity contribution in [3.05, 3.63) is 42.4 Å². The third-order valence-electron chi connectivity index (χ3n) is 5.24. The van der Waals surface area contributed by atoms with Crippen molar-refractivity contribution in [3.8, 4) is 11.3 Å². The second-order valence-electron chi connectivity index (χ2n) is 6.46. The van der Waals surface area contributed by atoms with Gasteiger partial charge < -0.3 is 15.4 Å². The minimum Gasteiger partial charge on any atom is -0.387 e. The van der Waals surface area contributed by atoms with Crippen LogP contribution in [0, 0.1) is 5.92 Å². The monoisotopic (exact) mass is 297 g/mol. The largest absolute Gasteiger partial charge is 0.387 e. The number of hydrogen-bond acceptors (Lipinski definition) is 3. The standard InChI is InChI=1S/C17H19N3O2/c18-16(21)11-5-7-17(22,8-6-11)15-13-4-2-1-3-12(13)14-9-19-10-20(14)15/h1-4,9-11,15,22H,5-8H2,(H2,18,21)/t11-,15?,17+. The van der Waals surface area contributed by atoms with E-state index in [1.54, 1.807) is 6.33 Å². The molecule has 1 aliphatic heterocycles. The van der Waals surface area contributed by atoms with Crippen molar-refractivity contribution >= 4 is 5.91 Å². The molecule has 2 aliphatic rings. The lowest BCUT2D eigenvalue weighted by molar-refractivity contribution is -0.125. The molecule has 0 spiro atoms. The summed E-state index contributed by atoms with van der Waals surface area (Å²) < 4.78 is 2.06. The molecule has 1 saturated carbocycles. The first-order chi connectivity index (χ1) is 10.6. The molecule has 1 atom stereocenters. The molecule has 0 radical (unpaired) electrons. The zero-order valence-corrected chi connectivity index (χ0v) is 12.3. The summed E-state index contributed by atoms with van der Waals surface area (Å²) >= 11 is 0. The van der Waals surface area contributed by atoms with E-state index in [0.29, 0.717) is 25.7 Å². The van der Waals surface area contributed by atoms with Crippen LogP contribution in [0.3, 0.4) is 0 Å². The number of nitrogens with two attached hydrogens (primary N) is 1. The molecular formula is C17H19N3O2. The second-order valence-corrected chi connectivity index (χ2v) is 6.46. The molecule has 22 heavy (non-hydrogen) atoms. The van der Waals surface area contributed by atoms with Gasteiger partial charge in [0.05, 0.1) is 29.9 Å². The number of fused-ring (bicyclic) bond motifs is 3. The third-order valence-corrected chi connectivity index (χ3v) is 5.24. The molecule has 5 heteroatoms. The SMILES string of the molecule is NC(=O)[C@H]1CC[C@](O)(C2c3ccccc3-c3cncn32)CC1. The first kappa shape index (κ1) is 13.5. The molecule has 1 aromatic carbocycles. The van der Waals surface area contributed by atoms with Crippen LogP contribution in [0.25, 0.3) is 11.3 Å². The number of benzene rings is 1. The van der Waals surface area contributed by atoms with Gasteiger partial charge in [-0.05, 0) is 31.2 Å². The van der Waals surface area contributed by atoms with Gasteiger partial charge in [0, 0.05) is 11.5 Å². The molecule has 1 amide bonds. The summed E-state index contributed by atoms with van der Waals surface area (Å²) in [5.74, 6) is -0.364. The van der Waals surface area contributed by atoms with Crippen LogP contribution in [0.2, 0.25) is 0 Å². The molecule has 0 saturated heterocycles. The summed E-state index contributed by atoms with van der Waals surface area (Å²) in [5, 5.41) is 11.3. The predicted molar refractivity (Wildman–Crippen MR) is 81.9 cm³/mol. The van der Waals surface area contributed by atoms with E-state index in [-0.39, 0.29) is 17.9 Å². The maximum absolute atomic E-state index is 11.4. The summed E-state index contributed by atoms with van der Waals surface area (Å²) in [6.45, 7) is 0. The molecule has 1 aliphatic carbocycles. The van der Waals surface area contributed by atoms with Crippen molar-refractivity contribution in [1.29, 1.82) is 0 Å². The van der Waals surface area contributed by atoms with Crippen molar-refractivity contribution in [2.24, 2.45) is 11.7 Å². The lowest BCUT2D eigenvalue weighted by Gasteiger charge is -2.40. The highest BCUT2D eigenvalue weighted by Gasteiger charge is 2.46. The number of hydrogen-bond donors (Lipinski definition) is 2. The summed E-state index contributed by atoms with van der Waals surface area (Å²) in [6.07, 6.45) is 6.09. The van der Waals surface area contributed by atoms with E-state index < -0.39 is 5.60 Å². The zero-order valence-electron chi connectivity index (χ0n) is 12.3. The number of carbonyl (C=O) groups excluding carboxylic acids is 1. The Morgan fingerprint density at radius 2 is 2.05 bits per heavy atom. The fourth-order valence-corrected chi connectivity index (χ4v) is 4.06. The smallest absolute Gasteiger partial charge is 0.220 e. The molecule has 1 fully saturated rings. The van der Waals surface area contributed by atoms with E-state index in [0.717, 1.165) is 16.8 Å². The Morgan fingerprint density at radius 1 is 1.32 bits per heavy atom. The summed E-state index contributed by atoms with van der Waals surface area (Å²) in [4.78, 5) is 15.6. The summed E-state index contributed by atoms with van der Waals surface area (Å²) in [6, 6.07) is 8.03. The molecule has 1 aromatic heterocycles. The number of imidazole rings is 1. The average molecular weight is 297 g/mol. The fraction of sp³-hybridized carbons (Fsp3) is 0.412. The number of aromatic nitrogens is 2. The minimum atomic E-state index is -0.853. The van der Waals surface area contributed by atoms with E-state index in [1.165, 1.54) is 0 Å². The van der Waals surface area contributed by atoms with Crippen molar-refractivity contribution in [2.45, 2.75) is 37.3 Å². The van der Waals surface area contributed by atoms with Crippen LogP contribution < -0.4 is 5.73 Å². The van der Waals surface area contributed by atoms with Crippen LogP contribution in [0.15, 0.2) is 36.8 Å². The highest BCUT2D eigenvalue weighted by atomic mass is 16.3. The lowest BCUT2D eigenvalue weighted by Crippen LogP contribution is -2.44. The fourth-order valence-electron chi connectivity index (χ4n) is 4.06. The Balaban J connectivity index is 1.73. The number of aliphatic hydroxyl groups is 1. The Labute approximate surface area is 128 Å². The normalized spacial score (nSPS) is 29.9. The van der Waals surface area contributed by atoms with Crippen LogP contribution in [-0.2, 0) is 4.79 Å². The Kier molecular flexibility index (Phi) is 2.87. The Hall–Kier alpha value is -2.14. The Bertz CT molecular complexity index is 729. The number of nitrogens with zero attached hydrogens (tertiary/aromatic N) is 2. The number of primary amides is 1. The summed E-state index contributed by atoms with van der Waals surface area (Å²) in [7, 11) is 0. The molecule has 5 nitrogen and oxygen atoms in total. The maximum atomic E-state index is 11.4. The van der Waals surface area contributed by atoms with E-state index in [4.69, 9.17) is 5.73 Å². The first-order valence-corrected chi connectivity index (χ1v) is 7.73. The highest BCUT2D eigenvalue weighted by molar-refractivity contribution is 5.76. The molecule has 2 heterocycles. The maximum Gasteiger partial charge on any atom is 0.220 e. The van der Waals surface area contributed by atoms with Gasteiger partial charge in [0.1, 0.15) is 0 Å². The van der Waals surface area contributed by atoms with Crippen LogP contribution in [0.1, 0.15) is 37.3 Å². The van der Waals surface area contributed by atoms with E-state index >= 15 is 0 Å². The number of carbonyl (C=O) groups is 1. The van der Waals surface area contributed by atoms with Crippen LogP contribution in [0.5, 0.6) is 0 Å². The molecule has 3 N–H and O–H groups in total. The zero-order chi connectivity index (χ0) is 15.3. The third kappa shape index (κ3) is 1.82. The van der Waals surface area contributed by atoms with Crippen molar-refractivity contribution in [2.75, 3.05) is 0 Å². The van der Waals surface area contributed by atoms with E-state index in [2.05, 4.69) is 21.7 Å². The van der Waals surface area contributed by atoms with Crippen LogP contribution in [0.4, 0.5) is 0 Å². The van der Waals surface area contributed by atoms with E-state index in [1.807, 2.05) is 18.3 Å².